The lowest BCUT2D eigenvalue weighted by Crippen LogP contribution is -2.27. The number of carboxylic acids is 1. The summed E-state index contributed by atoms with van der Waals surface area (Å²) in [4.78, 5) is 17.0. The molecular weight excluding hydrogens is 568 g/mol. The van der Waals surface area contributed by atoms with Crippen LogP contribution in [-0.2, 0) is 23.7 Å². The Kier molecular flexibility index (Phi) is 7.93. The number of aliphatic carboxylic acids is 1. The molecule has 5 rings (SSSR count). The standard InChI is InChI=1S/C29H25F6N3O4/c30-28(31,32)19-7-6-17(22(13-19)29(33,34)35)16-38(27-37-24-4-1-2-5-25(24)42-27)10-3-11-41-20-8-9-23-21(14-20)18(15-36-23)12-26(39)40/h1-2,4-9,13-14,18,36H,3,10-12,15-16H2,(H,39,40). The zero-order valence-corrected chi connectivity index (χ0v) is 21.9. The van der Waals surface area contributed by atoms with Crippen molar-refractivity contribution in [3.63, 3.8) is 0 Å². The van der Waals surface area contributed by atoms with E-state index in [0.29, 0.717) is 35.9 Å². The molecule has 0 fully saturated rings. The molecule has 0 aliphatic carbocycles. The van der Waals surface area contributed by atoms with E-state index in [4.69, 9.17) is 14.3 Å². The van der Waals surface area contributed by atoms with Crippen LogP contribution in [0.2, 0.25) is 0 Å². The van der Waals surface area contributed by atoms with Crippen LogP contribution in [0.25, 0.3) is 11.1 Å². The molecule has 1 aromatic heterocycles. The van der Waals surface area contributed by atoms with E-state index in [1.54, 1.807) is 42.5 Å². The Morgan fingerprint density at radius 3 is 2.55 bits per heavy atom. The van der Waals surface area contributed by atoms with Crippen LogP contribution in [0.5, 0.6) is 5.75 Å². The van der Waals surface area contributed by atoms with Gasteiger partial charge in [0.1, 0.15) is 11.3 Å². The summed E-state index contributed by atoms with van der Waals surface area (Å²) in [5, 5.41) is 12.3. The fraction of sp³-hybridized carbons (Fsp3) is 0.310. The molecule has 4 aromatic rings. The van der Waals surface area contributed by atoms with Crippen molar-refractivity contribution >= 4 is 28.8 Å². The van der Waals surface area contributed by atoms with Gasteiger partial charge in [0.2, 0.25) is 0 Å². The highest BCUT2D eigenvalue weighted by Crippen LogP contribution is 2.39. The fourth-order valence-electron chi connectivity index (χ4n) is 4.91. The van der Waals surface area contributed by atoms with Gasteiger partial charge in [-0.2, -0.15) is 31.3 Å². The first-order valence-corrected chi connectivity index (χ1v) is 13.0. The number of carbonyl (C=O) groups is 1. The van der Waals surface area contributed by atoms with E-state index in [-0.39, 0.29) is 43.1 Å². The number of rotatable bonds is 10. The number of nitrogens with one attached hydrogen (secondary N) is 1. The van der Waals surface area contributed by atoms with Crippen LogP contribution in [0.1, 0.15) is 41.0 Å². The number of alkyl halides is 6. The summed E-state index contributed by atoms with van der Waals surface area (Å²) in [7, 11) is 0. The average molecular weight is 594 g/mol. The Hall–Kier alpha value is -4.42. The van der Waals surface area contributed by atoms with Crippen LogP contribution in [0.15, 0.2) is 65.1 Å². The molecule has 42 heavy (non-hydrogen) atoms. The summed E-state index contributed by atoms with van der Waals surface area (Å²) in [5.41, 5.74) is -0.625. The molecule has 0 saturated carbocycles. The van der Waals surface area contributed by atoms with Gasteiger partial charge in [-0.25, -0.2) is 0 Å². The van der Waals surface area contributed by atoms with Crippen molar-refractivity contribution in [2.45, 2.75) is 37.7 Å². The van der Waals surface area contributed by atoms with E-state index >= 15 is 0 Å². The van der Waals surface area contributed by atoms with Crippen molar-refractivity contribution in [2.24, 2.45) is 0 Å². The number of halogens is 6. The molecule has 3 aromatic carbocycles. The fourth-order valence-corrected chi connectivity index (χ4v) is 4.91. The lowest BCUT2D eigenvalue weighted by Gasteiger charge is -2.23. The molecule has 0 bridgehead atoms. The Labute approximate surface area is 235 Å². The summed E-state index contributed by atoms with van der Waals surface area (Å²) < 4.78 is 92.7. The first kappa shape index (κ1) is 29.1. The predicted octanol–water partition coefficient (Wildman–Crippen LogP) is 7.32. The van der Waals surface area contributed by atoms with Gasteiger partial charge in [-0.1, -0.05) is 18.2 Å². The Bertz CT molecular complexity index is 1550. The minimum absolute atomic E-state index is 0.0179. The van der Waals surface area contributed by atoms with Crippen molar-refractivity contribution in [3.8, 4) is 5.75 Å². The zero-order chi connectivity index (χ0) is 30.1. The van der Waals surface area contributed by atoms with Crippen molar-refractivity contribution < 1.29 is 45.4 Å². The molecule has 2 N–H and O–H groups in total. The number of ether oxygens (including phenoxy) is 1. The van der Waals surface area contributed by atoms with Crippen LogP contribution in [0, 0.1) is 0 Å². The van der Waals surface area contributed by atoms with Gasteiger partial charge in [-0.3, -0.25) is 4.79 Å². The van der Waals surface area contributed by atoms with E-state index in [0.717, 1.165) is 17.3 Å². The molecular formula is C29H25F6N3O4. The normalized spacial score (nSPS) is 15.0. The molecule has 0 amide bonds. The molecule has 222 valence electrons. The summed E-state index contributed by atoms with van der Waals surface area (Å²) in [6.45, 7) is 0.334. The molecule has 0 spiro atoms. The van der Waals surface area contributed by atoms with Crippen LogP contribution < -0.4 is 15.0 Å². The lowest BCUT2D eigenvalue weighted by molar-refractivity contribution is -0.143. The van der Waals surface area contributed by atoms with E-state index in [9.17, 15) is 31.1 Å². The zero-order valence-electron chi connectivity index (χ0n) is 21.9. The Balaban J connectivity index is 1.34. The molecule has 1 aliphatic heterocycles. The minimum atomic E-state index is -5.02. The number of fused-ring (bicyclic) bond motifs is 2. The molecule has 1 unspecified atom stereocenters. The third-order valence-electron chi connectivity index (χ3n) is 6.92. The van der Waals surface area contributed by atoms with Gasteiger partial charge in [-0.15, -0.1) is 0 Å². The maximum atomic E-state index is 13.8. The highest BCUT2D eigenvalue weighted by atomic mass is 19.4. The second-order valence-corrected chi connectivity index (χ2v) is 9.88. The van der Waals surface area contributed by atoms with Gasteiger partial charge < -0.3 is 24.5 Å². The van der Waals surface area contributed by atoms with Crippen LogP contribution >= 0.6 is 0 Å². The number of oxazole rings is 1. The number of aromatic nitrogens is 1. The number of para-hydroxylation sites is 2. The van der Waals surface area contributed by atoms with Crippen molar-refractivity contribution in [3.05, 3.63) is 82.9 Å². The SMILES string of the molecule is O=C(O)CC1CNc2ccc(OCCCN(Cc3ccc(C(F)(F)F)cc3C(F)(F)F)c3nc4ccccc4o3)cc21. The van der Waals surface area contributed by atoms with E-state index in [1.807, 2.05) is 0 Å². The Morgan fingerprint density at radius 1 is 1.05 bits per heavy atom. The predicted molar refractivity (Wildman–Crippen MR) is 142 cm³/mol. The number of hydrogen-bond donors (Lipinski definition) is 2. The quantitative estimate of drug-likeness (QED) is 0.147. The molecule has 1 aliphatic rings. The van der Waals surface area contributed by atoms with Crippen molar-refractivity contribution in [1.82, 2.24) is 4.98 Å². The van der Waals surface area contributed by atoms with E-state index in [2.05, 4.69) is 10.3 Å². The van der Waals surface area contributed by atoms with Gasteiger partial charge >= 0.3 is 18.3 Å². The van der Waals surface area contributed by atoms with E-state index < -0.39 is 36.0 Å². The second-order valence-electron chi connectivity index (χ2n) is 9.88. The lowest BCUT2D eigenvalue weighted by atomic mass is 9.98. The van der Waals surface area contributed by atoms with Gasteiger partial charge in [0, 0.05) is 31.2 Å². The monoisotopic (exact) mass is 593 g/mol. The summed E-state index contributed by atoms with van der Waals surface area (Å²) in [5.74, 6) is -0.618. The number of anilines is 2. The molecule has 13 heteroatoms. The van der Waals surface area contributed by atoms with Crippen molar-refractivity contribution in [2.75, 3.05) is 29.9 Å². The van der Waals surface area contributed by atoms with Crippen LogP contribution in [0.4, 0.5) is 38.0 Å². The van der Waals surface area contributed by atoms with Gasteiger partial charge in [-0.05, 0) is 60.0 Å². The molecule has 0 radical (unpaired) electrons. The minimum Gasteiger partial charge on any atom is -0.494 e. The number of benzene rings is 3. The van der Waals surface area contributed by atoms with Crippen molar-refractivity contribution in [1.29, 1.82) is 0 Å². The first-order valence-electron chi connectivity index (χ1n) is 13.0. The van der Waals surface area contributed by atoms with Crippen LogP contribution in [0.3, 0.4) is 0 Å². The maximum Gasteiger partial charge on any atom is 0.416 e. The number of hydrogen-bond acceptors (Lipinski definition) is 6. The number of carboxylic acid groups (broad SMARTS) is 1. The third-order valence-corrected chi connectivity index (χ3v) is 6.92. The summed E-state index contributed by atoms with van der Waals surface area (Å²) in [6.07, 6.45) is -9.69. The van der Waals surface area contributed by atoms with Crippen LogP contribution in [-0.4, -0.2) is 35.8 Å². The molecule has 7 nitrogen and oxygen atoms in total. The highest BCUT2D eigenvalue weighted by molar-refractivity contribution is 5.74. The topological polar surface area (TPSA) is 87.8 Å². The number of nitrogens with zero attached hydrogens (tertiary/aromatic N) is 2. The second kappa shape index (κ2) is 11.5. The maximum absolute atomic E-state index is 13.8. The van der Waals surface area contributed by atoms with Gasteiger partial charge in [0.05, 0.1) is 24.2 Å². The largest absolute Gasteiger partial charge is 0.494 e. The molecule has 2 heterocycles. The third kappa shape index (κ3) is 6.55. The summed E-state index contributed by atoms with van der Waals surface area (Å²) >= 11 is 0. The smallest absolute Gasteiger partial charge is 0.416 e. The van der Waals surface area contributed by atoms with Gasteiger partial charge in [0.15, 0.2) is 5.58 Å². The highest BCUT2D eigenvalue weighted by Gasteiger charge is 2.38. The molecule has 0 saturated heterocycles. The van der Waals surface area contributed by atoms with Gasteiger partial charge in [0.25, 0.3) is 6.01 Å². The molecule has 1 atom stereocenters. The Morgan fingerprint density at radius 2 is 1.83 bits per heavy atom. The van der Waals surface area contributed by atoms with E-state index in [1.165, 1.54) is 4.90 Å². The first-order chi connectivity index (χ1) is 19.9. The summed E-state index contributed by atoms with van der Waals surface area (Å²) in [6, 6.07) is 13.6. The average Bonchev–Trinajstić information content (AvgIpc) is 3.53.